The first-order valence-electron chi connectivity index (χ1n) is 14.2. The highest BCUT2D eigenvalue weighted by atomic mass is 32.1. The van der Waals surface area contributed by atoms with E-state index >= 15 is 0 Å². The highest BCUT2D eigenvalue weighted by Gasteiger charge is 2.36. The molecule has 1 aromatic carbocycles. The predicted molar refractivity (Wildman–Crippen MR) is 160 cm³/mol. The Bertz CT molecular complexity index is 1460. The number of rotatable bonds is 9. The Morgan fingerprint density at radius 1 is 1.09 bits per heavy atom. The van der Waals surface area contributed by atoms with Gasteiger partial charge >= 0.3 is 6.09 Å². The van der Waals surface area contributed by atoms with Crippen molar-refractivity contribution in [3.63, 3.8) is 0 Å². The molecule has 1 fully saturated rings. The molecule has 3 aromatic rings. The third kappa shape index (κ3) is 7.57. The number of nitrogens with one attached hydrogen (secondary N) is 1. The summed E-state index contributed by atoms with van der Waals surface area (Å²) >= 11 is 1.27. The van der Waals surface area contributed by atoms with E-state index in [1.54, 1.807) is 27.7 Å². The summed E-state index contributed by atoms with van der Waals surface area (Å²) in [4.78, 5) is 37.4. The van der Waals surface area contributed by atoms with Crippen LogP contribution in [0.5, 0.6) is 0 Å². The topological polar surface area (TPSA) is 96.9 Å². The Kier molecular flexibility index (Phi) is 10.3. The van der Waals surface area contributed by atoms with Crippen LogP contribution in [0.3, 0.4) is 0 Å². The number of alkyl halides is 4. The number of piperidine rings is 1. The van der Waals surface area contributed by atoms with Crippen molar-refractivity contribution in [1.82, 2.24) is 19.8 Å². The molecule has 1 aliphatic heterocycles. The van der Waals surface area contributed by atoms with Gasteiger partial charge in [0.1, 0.15) is 28.1 Å². The highest BCUT2D eigenvalue weighted by Crippen LogP contribution is 2.38. The van der Waals surface area contributed by atoms with Gasteiger partial charge in [-0.3, -0.25) is 4.79 Å². The van der Waals surface area contributed by atoms with Gasteiger partial charge in [-0.05, 0) is 58.2 Å². The van der Waals surface area contributed by atoms with Crippen molar-refractivity contribution < 1.29 is 36.6 Å². The monoisotopic (exact) mass is 639 g/mol. The highest BCUT2D eigenvalue weighted by molar-refractivity contribution is 7.18. The Balaban J connectivity index is 1.49. The van der Waals surface area contributed by atoms with E-state index in [9.17, 15) is 27.2 Å². The zero-order chi connectivity index (χ0) is 32.3. The average molecular weight is 640 g/mol. The first-order chi connectivity index (χ1) is 20.7. The molecule has 44 heavy (non-hydrogen) atoms. The van der Waals surface area contributed by atoms with Crippen LogP contribution in [0.4, 0.5) is 33.7 Å². The maximum absolute atomic E-state index is 14.4. The molecule has 2 amide bonds. The number of likely N-dealkylation sites (tertiary alicyclic amines) is 1. The standard InChI is InChI=1S/C30H37F4N5O4S/c1-16-36-22-21(24(42-6)26(33)34)20(15-35-27(22)44-16)37-19-9-7-17(8-10-19)23(25(31)32)38(5)28(40)18-11-13-39(14-12-18)29(41)43-30(2,3)4/h7-10,15,18,23-26,37H,11-14H2,1-6H3/t23-,24+/m0/s1. The number of anilines is 2. The number of ether oxygens (including phenoxy) is 2. The summed E-state index contributed by atoms with van der Waals surface area (Å²) in [5.41, 5.74) is 0.691. The van der Waals surface area contributed by atoms with Gasteiger partial charge in [0.15, 0.2) is 0 Å². The van der Waals surface area contributed by atoms with E-state index in [0.717, 1.165) is 4.90 Å². The van der Waals surface area contributed by atoms with Crippen LogP contribution in [0.2, 0.25) is 0 Å². The molecule has 1 saturated heterocycles. The Hall–Kier alpha value is -3.52. The van der Waals surface area contributed by atoms with E-state index in [0.29, 0.717) is 33.9 Å². The number of carbonyl (C=O) groups is 2. The molecule has 0 aliphatic carbocycles. The molecule has 0 spiro atoms. The summed E-state index contributed by atoms with van der Waals surface area (Å²) in [5, 5.41) is 3.71. The predicted octanol–water partition coefficient (Wildman–Crippen LogP) is 7.11. The fourth-order valence-electron chi connectivity index (χ4n) is 5.25. The number of hydrogen-bond acceptors (Lipinski definition) is 8. The number of aryl methyl sites for hydroxylation is 1. The number of carbonyl (C=O) groups excluding carboxylic acids is 2. The van der Waals surface area contributed by atoms with E-state index in [1.807, 2.05) is 0 Å². The number of halogens is 4. The number of aromatic nitrogens is 2. The number of thiazole rings is 1. The van der Waals surface area contributed by atoms with E-state index in [4.69, 9.17) is 9.47 Å². The molecular formula is C30H37F4N5O4S. The first kappa shape index (κ1) is 33.4. The van der Waals surface area contributed by atoms with Gasteiger partial charge in [0.25, 0.3) is 12.9 Å². The van der Waals surface area contributed by atoms with Crippen molar-refractivity contribution in [2.75, 3.05) is 32.6 Å². The SMILES string of the molecule is CO[C@H](c1c(Nc2ccc([C@@H](C(F)F)N(C)C(=O)C3CCN(C(=O)OC(C)(C)C)CC3)cc2)cnc2sc(C)nc12)C(F)F. The normalized spacial score (nSPS) is 16.0. The molecule has 3 heterocycles. The minimum Gasteiger partial charge on any atom is -0.444 e. The van der Waals surface area contributed by atoms with Crippen LogP contribution < -0.4 is 5.32 Å². The summed E-state index contributed by atoms with van der Waals surface area (Å²) in [7, 11) is 2.54. The second-order valence-corrected chi connectivity index (χ2v) is 12.9. The fourth-order valence-corrected chi connectivity index (χ4v) is 6.03. The van der Waals surface area contributed by atoms with Gasteiger partial charge in [0.05, 0.1) is 16.9 Å². The van der Waals surface area contributed by atoms with Crippen LogP contribution in [-0.2, 0) is 14.3 Å². The van der Waals surface area contributed by atoms with Gasteiger partial charge < -0.3 is 24.6 Å². The lowest BCUT2D eigenvalue weighted by molar-refractivity contribution is -0.141. The quantitative estimate of drug-likeness (QED) is 0.249. The third-order valence-corrected chi connectivity index (χ3v) is 8.25. The molecule has 1 N–H and O–H groups in total. The zero-order valence-corrected chi connectivity index (χ0v) is 26.3. The lowest BCUT2D eigenvalue weighted by Gasteiger charge is -2.36. The van der Waals surface area contributed by atoms with Gasteiger partial charge in [-0.15, -0.1) is 0 Å². The molecule has 1 aliphatic rings. The van der Waals surface area contributed by atoms with Gasteiger partial charge in [0.2, 0.25) is 5.91 Å². The molecule has 0 saturated carbocycles. The van der Waals surface area contributed by atoms with Crippen LogP contribution in [-0.4, -0.2) is 77.5 Å². The summed E-state index contributed by atoms with van der Waals surface area (Å²) in [5.74, 6) is -0.943. The largest absolute Gasteiger partial charge is 0.444 e. The third-order valence-electron chi connectivity index (χ3n) is 7.37. The number of pyridine rings is 1. The zero-order valence-electron chi connectivity index (χ0n) is 25.4. The lowest BCUT2D eigenvalue weighted by atomic mass is 9.94. The van der Waals surface area contributed by atoms with Crippen molar-refractivity contribution in [2.45, 2.75) is 71.1 Å². The minimum atomic E-state index is -2.87. The second-order valence-electron chi connectivity index (χ2n) is 11.7. The summed E-state index contributed by atoms with van der Waals surface area (Å²) < 4.78 is 67.1. The van der Waals surface area contributed by atoms with Gasteiger partial charge in [-0.2, -0.15) is 0 Å². The van der Waals surface area contributed by atoms with Crippen molar-refractivity contribution in [1.29, 1.82) is 0 Å². The Labute approximate surface area is 257 Å². The number of nitrogens with zero attached hydrogens (tertiary/aromatic N) is 4. The molecule has 4 rings (SSSR count). The Morgan fingerprint density at radius 2 is 1.73 bits per heavy atom. The van der Waals surface area contributed by atoms with E-state index in [-0.39, 0.29) is 29.9 Å². The van der Waals surface area contributed by atoms with Crippen LogP contribution in [0, 0.1) is 12.8 Å². The van der Waals surface area contributed by atoms with Crippen molar-refractivity contribution in [3.05, 3.63) is 46.6 Å². The molecule has 240 valence electrons. The van der Waals surface area contributed by atoms with Crippen LogP contribution in [0.25, 0.3) is 10.3 Å². The average Bonchev–Trinajstić information content (AvgIpc) is 3.34. The number of amides is 2. The molecule has 2 aromatic heterocycles. The maximum atomic E-state index is 14.4. The first-order valence-corrected chi connectivity index (χ1v) is 15.0. The van der Waals surface area contributed by atoms with Gasteiger partial charge in [-0.1, -0.05) is 23.5 Å². The molecule has 0 bridgehead atoms. The Morgan fingerprint density at radius 3 is 2.27 bits per heavy atom. The summed E-state index contributed by atoms with van der Waals surface area (Å²) in [6.07, 6.45) is -5.65. The second kappa shape index (κ2) is 13.6. The molecular weight excluding hydrogens is 602 g/mol. The number of methoxy groups -OCH3 is 1. The molecule has 9 nitrogen and oxygen atoms in total. The maximum Gasteiger partial charge on any atom is 0.410 e. The van der Waals surface area contributed by atoms with E-state index < -0.39 is 48.5 Å². The van der Waals surface area contributed by atoms with Crippen molar-refractivity contribution in [3.8, 4) is 0 Å². The number of benzene rings is 1. The fraction of sp³-hybridized carbons (Fsp3) is 0.533. The van der Waals surface area contributed by atoms with Crippen LogP contribution in [0.1, 0.15) is 61.9 Å². The minimum absolute atomic E-state index is 0.148. The van der Waals surface area contributed by atoms with E-state index in [2.05, 4.69) is 15.3 Å². The van der Waals surface area contributed by atoms with Crippen molar-refractivity contribution >= 4 is 45.1 Å². The summed E-state index contributed by atoms with van der Waals surface area (Å²) in [6.45, 7) is 7.63. The molecule has 0 unspecified atom stereocenters. The van der Waals surface area contributed by atoms with Crippen LogP contribution in [0.15, 0.2) is 30.5 Å². The van der Waals surface area contributed by atoms with E-state index in [1.165, 1.54) is 60.9 Å². The lowest BCUT2D eigenvalue weighted by Crippen LogP contribution is -2.46. The van der Waals surface area contributed by atoms with Crippen molar-refractivity contribution in [2.24, 2.45) is 5.92 Å². The molecule has 0 radical (unpaired) electrons. The molecule has 14 heteroatoms. The molecule has 2 atom stereocenters. The number of hydrogen-bond donors (Lipinski definition) is 1. The van der Waals surface area contributed by atoms with Gasteiger partial charge in [-0.25, -0.2) is 32.3 Å². The smallest absolute Gasteiger partial charge is 0.410 e. The number of fused-ring (bicyclic) bond motifs is 1. The van der Waals surface area contributed by atoms with Gasteiger partial charge in [0, 0.05) is 44.4 Å². The van der Waals surface area contributed by atoms with Crippen LogP contribution >= 0.6 is 11.3 Å². The summed E-state index contributed by atoms with van der Waals surface area (Å²) in [6, 6.07) is 4.49.